The van der Waals surface area contributed by atoms with Crippen molar-refractivity contribution in [2.45, 2.75) is 58.2 Å². The summed E-state index contributed by atoms with van der Waals surface area (Å²) in [6.07, 6.45) is 4.56. The molecule has 0 aliphatic carbocycles. The molecule has 1 fully saturated rings. The largest absolute Gasteiger partial charge is 0.395 e. The van der Waals surface area contributed by atoms with Gasteiger partial charge in [-0.2, -0.15) is 0 Å². The van der Waals surface area contributed by atoms with Gasteiger partial charge in [-0.25, -0.2) is 0 Å². The summed E-state index contributed by atoms with van der Waals surface area (Å²) < 4.78 is 0. The van der Waals surface area contributed by atoms with E-state index in [1.165, 1.54) is 24.1 Å². The highest BCUT2D eigenvalue weighted by Gasteiger charge is 2.24. The minimum absolute atomic E-state index is 0.147. The van der Waals surface area contributed by atoms with Crippen LogP contribution in [0.5, 0.6) is 0 Å². The second kappa shape index (κ2) is 7.09. The number of aliphatic hydroxyl groups excluding tert-OH is 1. The van der Waals surface area contributed by atoms with Crippen molar-refractivity contribution >= 4 is 11.3 Å². The van der Waals surface area contributed by atoms with Crippen LogP contribution in [0.3, 0.4) is 0 Å². The van der Waals surface area contributed by atoms with Gasteiger partial charge in [0.25, 0.3) is 0 Å². The Balaban J connectivity index is 1.97. The Morgan fingerprint density at radius 2 is 2.05 bits per heavy atom. The van der Waals surface area contributed by atoms with E-state index in [2.05, 4.69) is 42.7 Å². The molecule has 0 saturated carbocycles. The summed E-state index contributed by atoms with van der Waals surface area (Å²) in [6.45, 7) is 5.87. The monoisotopic (exact) mass is 277 g/mol. The summed E-state index contributed by atoms with van der Waals surface area (Å²) >= 11 is 1.78. The normalized spacial score (nSPS) is 23.9. The van der Waals surface area contributed by atoms with Crippen LogP contribution in [0.15, 0.2) is 12.1 Å². The molecule has 3 heteroatoms. The fourth-order valence-electron chi connectivity index (χ4n) is 2.70. The molecule has 1 saturated heterocycles. The molecule has 2 rings (SSSR count). The highest BCUT2D eigenvalue weighted by atomic mass is 32.1. The molecule has 0 amide bonds. The third kappa shape index (κ3) is 4.07. The van der Waals surface area contributed by atoms with Gasteiger partial charge in [0.05, 0.1) is 11.5 Å². The Labute approximate surface area is 120 Å². The van der Waals surface area contributed by atoms with Crippen molar-refractivity contribution in [3.63, 3.8) is 0 Å². The number of hydrogen-bond donors (Lipinski definition) is 1. The molecule has 19 heavy (non-hydrogen) atoms. The molecule has 1 aromatic rings. The summed E-state index contributed by atoms with van der Waals surface area (Å²) in [7, 11) is 0. The zero-order valence-corrected chi connectivity index (χ0v) is 12.7. The zero-order chi connectivity index (χ0) is 13.7. The molecule has 0 spiro atoms. The highest BCUT2D eigenvalue weighted by molar-refractivity contribution is 7.12. The van der Waals surface area contributed by atoms with Gasteiger partial charge in [-0.3, -0.25) is 4.90 Å². The van der Waals surface area contributed by atoms with Crippen LogP contribution in [0.1, 0.15) is 49.3 Å². The van der Waals surface area contributed by atoms with Gasteiger partial charge in [-0.15, -0.1) is 11.3 Å². The van der Waals surface area contributed by atoms with Crippen molar-refractivity contribution in [2.24, 2.45) is 0 Å². The molecule has 1 aliphatic rings. The minimum Gasteiger partial charge on any atom is -0.395 e. The standard InChI is InChI=1S/C16H23NOS/c1-13-6-5-7-14(2)17(13)12-16-10-9-15(19-16)8-3-4-11-18/h9-10,13-14,18H,4-7,11-12H2,1-2H3. The lowest BCUT2D eigenvalue weighted by molar-refractivity contribution is 0.0964. The van der Waals surface area contributed by atoms with Crippen molar-refractivity contribution < 1.29 is 5.11 Å². The maximum atomic E-state index is 8.72. The smallest absolute Gasteiger partial charge is 0.0771 e. The van der Waals surface area contributed by atoms with Crippen LogP contribution >= 0.6 is 11.3 Å². The van der Waals surface area contributed by atoms with E-state index >= 15 is 0 Å². The van der Waals surface area contributed by atoms with Crippen LogP contribution < -0.4 is 0 Å². The van der Waals surface area contributed by atoms with Crippen molar-refractivity contribution in [3.8, 4) is 11.8 Å². The number of nitrogens with zero attached hydrogens (tertiary/aromatic N) is 1. The van der Waals surface area contributed by atoms with E-state index < -0.39 is 0 Å². The molecule has 2 heterocycles. The van der Waals surface area contributed by atoms with E-state index in [4.69, 9.17) is 5.11 Å². The fourth-order valence-corrected chi connectivity index (χ4v) is 3.59. The Morgan fingerprint density at radius 1 is 1.32 bits per heavy atom. The number of hydrogen-bond acceptors (Lipinski definition) is 3. The molecule has 1 aromatic heterocycles. The molecule has 2 nitrogen and oxygen atoms in total. The molecule has 0 aromatic carbocycles. The predicted molar refractivity (Wildman–Crippen MR) is 81.2 cm³/mol. The zero-order valence-electron chi connectivity index (χ0n) is 11.9. The van der Waals surface area contributed by atoms with Gasteiger partial charge in [0, 0.05) is 29.9 Å². The van der Waals surface area contributed by atoms with Gasteiger partial charge < -0.3 is 5.11 Å². The maximum Gasteiger partial charge on any atom is 0.0771 e. The van der Waals surface area contributed by atoms with Crippen molar-refractivity contribution in [1.29, 1.82) is 0 Å². The van der Waals surface area contributed by atoms with Gasteiger partial charge in [-0.1, -0.05) is 18.3 Å². The third-order valence-corrected chi connectivity index (χ3v) is 4.81. The number of thiophene rings is 1. The first-order valence-corrected chi connectivity index (χ1v) is 7.96. The van der Waals surface area contributed by atoms with Crippen molar-refractivity contribution in [1.82, 2.24) is 4.90 Å². The van der Waals surface area contributed by atoms with E-state index in [0.29, 0.717) is 18.5 Å². The Kier molecular flexibility index (Phi) is 5.45. The maximum absolute atomic E-state index is 8.72. The van der Waals surface area contributed by atoms with Gasteiger partial charge in [0.2, 0.25) is 0 Å². The summed E-state index contributed by atoms with van der Waals surface area (Å²) in [5.74, 6) is 6.10. The summed E-state index contributed by atoms with van der Waals surface area (Å²) in [4.78, 5) is 5.12. The molecule has 2 unspecified atom stereocenters. The molecule has 1 N–H and O–H groups in total. The van der Waals surface area contributed by atoms with E-state index in [1.54, 1.807) is 11.3 Å². The predicted octanol–water partition coefficient (Wildman–Crippen LogP) is 3.24. The van der Waals surface area contributed by atoms with Crippen LogP contribution in [0.4, 0.5) is 0 Å². The van der Waals surface area contributed by atoms with Crippen molar-refractivity contribution in [3.05, 3.63) is 21.9 Å². The van der Waals surface area contributed by atoms with E-state index in [0.717, 1.165) is 11.4 Å². The molecule has 1 aliphatic heterocycles. The van der Waals surface area contributed by atoms with Crippen molar-refractivity contribution in [2.75, 3.05) is 6.61 Å². The van der Waals surface area contributed by atoms with Crippen LogP contribution in [0, 0.1) is 11.8 Å². The Morgan fingerprint density at radius 3 is 2.74 bits per heavy atom. The lowest BCUT2D eigenvalue weighted by atomic mass is 9.97. The van der Waals surface area contributed by atoms with E-state index in [9.17, 15) is 0 Å². The SMILES string of the molecule is CC1CCCC(C)N1Cc1ccc(C#CCCO)s1. The third-order valence-electron chi connectivity index (χ3n) is 3.82. The number of aliphatic hydroxyl groups is 1. The van der Waals surface area contributed by atoms with Crippen LogP contribution in [0.2, 0.25) is 0 Å². The average molecular weight is 277 g/mol. The first kappa shape index (κ1) is 14.6. The van der Waals surface area contributed by atoms with Gasteiger partial charge in [0.1, 0.15) is 0 Å². The Bertz CT molecular complexity index is 447. The van der Waals surface area contributed by atoms with E-state index in [-0.39, 0.29) is 6.61 Å². The lowest BCUT2D eigenvalue weighted by Crippen LogP contribution is -2.42. The van der Waals surface area contributed by atoms with Crippen LogP contribution in [0.25, 0.3) is 0 Å². The van der Waals surface area contributed by atoms with Gasteiger partial charge in [-0.05, 0) is 38.8 Å². The molecule has 104 valence electrons. The van der Waals surface area contributed by atoms with Gasteiger partial charge >= 0.3 is 0 Å². The highest BCUT2D eigenvalue weighted by Crippen LogP contribution is 2.26. The topological polar surface area (TPSA) is 23.5 Å². The second-order valence-electron chi connectivity index (χ2n) is 5.34. The summed E-state index contributed by atoms with van der Waals surface area (Å²) in [6, 6.07) is 5.68. The fraction of sp³-hybridized carbons (Fsp3) is 0.625. The summed E-state index contributed by atoms with van der Waals surface area (Å²) in [5.41, 5.74) is 0. The summed E-state index contributed by atoms with van der Waals surface area (Å²) in [5, 5.41) is 8.72. The Hall–Kier alpha value is -0.820. The first-order chi connectivity index (χ1) is 9.20. The van der Waals surface area contributed by atoms with Crippen LogP contribution in [-0.2, 0) is 6.54 Å². The lowest BCUT2D eigenvalue weighted by Gasteiger charge is -2.38. The molecular formula is C16H23NOS. The molecule has 0 bridgehead atoms. The first-order valence-electron chi connectivity index (χ1n) is 7.15. The quantitative estimate of drug-likeness (QED) is 0.857. The molecular weight excluding hydrogens is 254 g/mol. The molecule has 2 atom stereocenters. The second-order valence-corrected chi connectivity index (χ2v) is 6.51. The van der Waals surface area contributed by atoms with E-state index in [1.807, 2.05) is 0 Å². The van der Waals surface area contributed by atoms with Crippen LogP contribution in [-0.4, -0.2) is 28.7 Å². The number of rotatable bonds is 3. The minimum atomic E-state index is 0.147. The number of piperidine rings is 1. The average Bonchev–Trinajstić information content (AvgIpc) is 2.82. The number of likely N-dealkylation sites (tertiary alicyclic amines) is 1. The van der Waals surface area contributed by atoms with Gasteiger partial charge in [0.15, 0.2) is 0 Å². The molecule has 0 radical (unpaired) electrons.